The standard InChI is InChI=1S/C36H40O5.C14H13N.C7H8O3S.3C2H6/c1-2-32-34(38-24-29-17-9-4-10-18-29)36(40-26-31-21-13-6-14-22-31)35(39-25-30-19-11-5-12-20-30)33(41-32)27-37-23-28-15-7-3-8-16-28;1-3-7-13(8-4-1)11-15-12-14-9-5-2-6-10-14;1-6-2-4-7(5-3-6)11(8,9)10;3*1-2/h3-22,32-36H,2,23-27H2,1H3;1-11H,12H2;2-5H,1H3,(H,8,9,10);3*1-2H3/t32?,33-,34+,35-,36-;;;;;/m1...../s1. The first-order chi connectivity index (χ1) is 35.7. The summed E-state index contributed by atoms with van der Waals surface area (Å²) in [6.07, 6.45) is 1.16. The SMILES string of the molecule is C(=NCc1ccccc1)c1ccccc1.CC.CC.CC.CCC1O[C@H](COCc2ccccc2)[C@@H](OCc2ccccc2)[C@H](OCc2ccccc2)[C@H]1OCc1ccccc1.Cc1ccc(S(=O)(=O)O)cc1. The van der Waals surface area contributed by atoms with Gasteiger partial charge in [0.15, 0.2) is 0 Å². The van der Waals surface area contributed by atoms with Crippen LogP contribution in [0.5, 0.6) is 0 Å². The van der Waals surface area contributed by atoms with E-state index in [1.165, 1.54) is 17.7 Å². The second-order valence-electron chi connectivity index (χ2n) is 16.1. The third-order valence-electron chi connectivity index (χ3n) is 10.9. The number of hydrogen-bond acceptors (Lipinski definition) is 8. The van der Waals surface area contributed by atoms with Crippen molar-refractivity contribution in [2.24, 2.45) is 4.99 Å². The maximum Gasteiger partial charge on any atom is 0.294 e. The third-order valence-corrected chi connectivity index (χ3v) is 11.7. The van der Waals surface area contributed by atoms with Crippen LogP contribution < -0.4 is 0 Å². The minimum Gasteiger partial charge on any atom is -0.374 e. The topological polar surface area (TPSA) is 113 Å². The number of rotatable bonds is 18. The number of nitrogens with zero attached hydrogens (tertiary/aromatic N) is 1. The molecular weight excluding hydrogens is 931 g/mol. The van der Waals surface area contributed by atoms with Crippen LogP contribution in [-0.4, -0.2) is 56.3 Å². The Labute approximate surface area is 438 Å². The minimum absolute atomic E-state index is 0.0666. The van der Waals surface area contributed by atoms with Gasteiger partial charge in [-0.3, -0.25) is 9.55 Å². The Morgan fingerprint density at radius 2 is 0.836 bits per heavy atom. The molecule has 1 fully saturated rings. The fraction of sp³-hybridized carbons (Fsp3) is 0.317. The van der Waals surface area contributed by atoms with Crippen LogP contribution in [0.1, 0.15) is 93.8 Å². The van der Waals surface area contributed by atoms with Crippen molar-refractivity contribution in [2.45, 2.75) is 130 Å². The van der Waals surface area contributed by atoms with Crippen molar-refractivity contribution < 1.29 is 36.7 Å². The molecule has 1 aliphatic heterocycles. The maximum atomic E-state index is 10.5. The van der Waals surface area contributed by atoms with Crippen molar-refractivity contribution in [3.8, 4) is 0 Å². The molecule has 5 atom stereocenters. The molecule has 0 aromatic heterocycles. The van der Waals surface area contributed by atoms with Crippen LogP contribution in [0.15, 0.2) is 216 Å². The number of aryl methyl sites for hydroxylation is 1. The van der Waals surface area contributed by atoms with Gasteiger partial charge in [0.25, 0.3) is 10.1 Å². The van der Waals surface area contributed by atoms with E-state index in [1.807, 2.05) is 164 Å². The van der Waals surface area contributed by atoms with Crippen LogP contribution in [-0.2, 0) is 66.8 Å². The Kier molecular flexibility index (Phi) is 30.8. The maximum absolute atomic E-state index is 10.5. The van der Waals surface area contributed by atoms with Gasteiger partial charge in [0.1, 0.15) is 24.4 Å². The van der Waals surface area contributed by atoms with Crippen LogP contribution in [0.25, 0.3) is 0 Å². The number of aliphatic imine (C=N–C) groups is 1. The van der Waals surface area contributed by atoms with Gasteiger partial charge in [0.05, 0.1) is 50.6 Å². The van der Waals surface area contributed by atoms with Crippen LogP contribution in [0.2, 0.25) is 0 Å². The van der Waals surface area contributed by atoms with E-state index in [2.05, 4.69) is 84.7 Å². The van der Waals surface area contributed by atoms with E-state index in [0.717, 1.165) is 46.3 Å². The molecule has 0 amide bonds. The summed E-state index contributed by atoms with van der Waals surface area (Å²) < 4.78 is 62.4. The molecule has 9 nitrogen and oxygen atoms in total. The fourth-order valence-electron chi connectivity index (χ4n) is 7.30. The van der Waals surface area contributed by atoms with Crippen LogP contribution >= 0.6 is 0 Å². The molecule has 390 valence electrons. The van der Waals surface area contributed by atoms with Gasteiger partial charge in [0.2, 0.25) is 0 Å². The van der Waals surface area contributed by atoms with Crippen LogP contribution in [0.3, 0.4) is 0 Å². The Hall–Kier alpha value is -6.08. The Morgan fingerprint density at radius 1 is 0.479 bits per heavy atom. The summed E-state index contributed by atoms with van der Waals surface area (Å²) in [5.41, 5.74) is 7.78. The molecule has 1 unspecified atom stereocenters. The van der Waals surface area contributed by atoms with E-state index in [0.29, 0.717) is 33.0 Å². The molecule has 10 heteroatoms. The molecule has 7 aromatic carbocycles. The summed E-state index contributed by atoms with van der Waals surface area (Å²) in [6, 6.07) is 67.3. The summed E-state index contributed by atoms with van der Waals surface area (Å²) >= 11 is 0. The highest BCUT2D eigenvalue weighted by Crippen LogP contribution is 2.32. The van der Waals surface area contributed by atoms with Gasteiger partial charge in [-0.1, -0.05) is 248 Å². The Balaban J connectivity index is 0.000000357. The molecule has 1 N–H and O–H groups in total. The van der Waals surface area contributed by atoms with Crippen molar-refractivity contribution in [1.82, 2.24) is 0 Å². The van der Waals surface area contributed by atoms with Crippen molar-refractivity contribution in [1.29, 1.82) is 0 Å². The van der Waals surface area contributed by atoms with Gasteiger partial charge < -0.3 is 23.7 Å². The molecule has 1 aliphatic rings. The second-order valence-corrected chi connectivity index (χ2v) is 17.5. The molecule has 1 saturated heterocycles. The van der Waals surface area contributed by atoms with Crippen molar-refractivity contribution >= 4 is 16.3 Å². The molecule has 0 aliphatic carbocycles. The average Bonchev–Trinajstić information content (AvgIpc) is 3.45. The predicted octanol–water partition coefficient (Wildman–Crippen LogP) is 14.8. The van der Waals surface area contributed by atoms with Gasteiger partial charge in [0, 0.05) is 6.21 Å². The second kappa shape index (κ2) is 36.8. The highest BCUT2D eigenvalue weighted by atomic mass is 32.2. The normalized spacial score (nSPS) is 16.8. The zero-order chi connectivity index (χ0) is 52.9. The highest BCUT2D eigenvalue weighted by Gasteiger charge is 2.47. The van der Waals surface area contributed by atoms with Gasteiger partial charge in [-0.2, -0.15) is 8.42 Å². The number of hydrogen-bond donors (Lipinski definition) is 1. The predicted molar refractivity (Wildman–Crippen MR) is 299 cm³/mol. The molecule has 0 radical (unpaired) electrons. The summed E-state index contributed by atoms with van der Waals surface area (Å²) in [6.45, 7) is 19.0. The largest absolute Gasteiger partial charge is 0.374 e. The summed E-state index contributed by atoms with van der Waals surface area (Å²) in [5, 5.41) is 0. The summed E-state index contributed by atoms with van der Waals surface area (Å²) in [4.78, 5) is 4.32. The smallest absolute Gasteiger partial charge is 0.294 e. The van der Waals surface area contributed by atoms with E-state index < -0.39 is 16.2 Å². The molecular formula is C63H79NO8S. The van der Waals surface area contributed by atoms with Gasteiger partial charge in [-0.25, -0.2) is 0 Å². The molecule has 0 bridgehead atoms. The molecule has 73 heavy (non-hydrogen) atoms. The van der Waals surface area contributed by atoms with Crippen LogP contribution in [0.4, 0.5) is 0 Å². The van der Waals surface area contributed by atoms with E-state index >= 15 is 0 Å². The molecule has 0 spiro atoms. The lowest BCUT2D eigenvalue weighted by molar-refractivity contribution is -0.272. The van der Waals surface area contributed by atoms with Gasteiger partial charge in [-0.05, 0) is 58.9 Å². The zero-order valence-electron chi connectivity index (χ0n) is 44.2. The number of benzene rings is 7. The number of ether oxygens (including phenoxy) is 5. The minimum atomic E-state index is -4.02. The zero-order valence-corrected chi connectivity index (χ0v) is 45.0. The Morgan fingerprint density at radius 3 is 1.23 bits per heavy atom. The monoisotopic (exact) mass is 1010 g/mol. The lowest BCUT2D eigenvalue weighted by Crippen LogP contribution is -2.61. The Bertz CT molecular complexity index is 2540. The van der Waals surface area contributed by atoms with Crippen molar-refractivity contribution in [3.63, 3.8) is 0 Å². The average molecular weight is 1010 g/mol. The van der Waals surface area contributed by atoms with E-state index in [9.17, 15) is 8.42 Å². The lowest BCUT2D eigenvalue weighted by atomic mass is 9.92. The molecule has 8 rings (SSSR count). The first-order valence-electron chi connectivity index (χ1n) is 25.6. The van der Waals surface area contributed by atoms with E-state index in [1.54, 1.807) is 12.1 Å². The fourth-order valence-corrected chi connectivity index (χ4v) is 7.78. The first kappa shape index (κ1) is 61.2. The van der Waals surface area contributed by atoms with Gasteiger partial charge >= 0.3 is 0 Å². The summed E-state index contributed by atoms with van der Waals surface area (Å²) in [7, 11) is -4.02. The van der Waals surface area contributed by atoms with Crippen molar-refractivity contribution in [3.05, 3.63) is 245 Å². The van der Waals surface area contributed by atoms with Crippen molar-refractivity contribution in [2.75, 3.05) is 6.61 Å². The first-order valence-corrected chi connectivity index (χ1v) is 27.1. The van der Waals surface area contributed by atoms with E-state index in [4.69, 9.17) is 28.2 Å². The molecule has 1 heterocycles. The lowest BCUT2D eigenvalue weighted by Gasteiger charge is -2.46. The van der Waals surface area contributed by atoms with Gasteiger partial charge in [-0.15, -0.1) is 0 Å². The molecule has 0 saturated carbocycles. The summed E-state index contributed by atoms with van der Waals surface area (Å²) in [5.74, 6) is 0. The van der Waals surface area contributed by atoms with E-state index in [-0.39, 0.29) is 29.3 Å². The quantitative estimate of drug-likeness (QED) is 0.0668. The molecule has 7 aromatic rings. The highest BCUT2D eigenvalue weighted by molar-refractivity contribution is 7.85. The van der Waals surface area contributed by atoms with Crippen LogP contribution in [0, 0.1) is 6.92 Å². The third kappa shape index (κ3) is 23.6.